The fourth-order valence-electron chi connectivity index (χ4n) is 16.6. The summed E-state index contributed by atoms with van der Waals surface area (Å²) in [5.41, 5.74) is 16.2. The van der Waals surface area contributed by atoms with Crippen LogP contribution in [0.15, 0.2) is 150 Å². The minimum absolute atomic E-state index is 0.0222. The molecule has 6 saturated heterocycles. The molecule has 6 fully saturated rings. The van der Waals surface area contributed by atoms with Crippen LogP contribution < -0.4 is 0 Å². The van der Waals surface area contributed by atoms with E-state index in [2.05, 4.69) is 91.3 Å². The molecule has 6 aromatic carbocycles. The molecule has 0 bridgehead atoms. The van der Waals surface area contributed by atoms with Crippen LogP contribution in [-0.2, 0) is 123 Å². The van der Waals surface area contributed by atoms with Gasteiger partial charge in [-0.15, -0.1) is 68.0 Å². The van der Waals surface area contributed by atoms with Gasteiger partial charge in [-0.1, -0.05) is 169 Å². The Morgan fingerprint density at radius 3 is 1.10 bits per heavy atom. The van der Waals surface area contributed by atoms with Gasteiger partial charge in [-0.3, -0.25) is 9.59 Å². The zero-order valence-electron chi connectivity index (χ0n) is 79.3. The fraction of sp³-hybridized carbons (Fsp3) is 0.410. The molecule has 19 rings (SSSR count). The van der Waals surface area contributed by atoms with E-state index in [0.29, 0.717) is 128 Å². The number of hydrogen-bond donors (Lipinski definition) is 4. The summed E-state index contributed by atoms with van der Waals surface area (Å²) in [5.74, 6) is 0.0222. The van der Waals surface area contributed by atoms with Gasteiger partial charge in [0.1, 0.15) is 30.7 Å². The number of aliphatic hydroxyl groups is 4. The molecular weight excluding hydrogens is 2260 g/mol. The Labute approximate surface area is 905 Å². The number of benzene rings is 6. The van der Waals surface area contributed by atoms with E-state index in [0.717, 1.165) is 188 Å². The maximum absolute atomic E-state index is 13.0. The second kappa shape index (κ2) is 57.9. The minimum atomic E-state index is -1.44. The molecule has 0 saturated carbocycles. The maximum atomic E-state index is 13.0. The monoisotopic (exact) mass is 2370 g/mol. The summed E-state index contributed by atoms with van der Waals surface area (Å²) < 4.78 is 91.3. The van der Waals surface area contributed by atoms with Gasteiger partial charge in [-0.2, -0.15) is 0 Å². The summed E-state index contributed by atoms with van der Waals surface area (Å²) in [7, 11) is 0. The Bertz CT molecular complexity index is 5800. The molecule has 0 amide bonds. The number of thiophene rings is 6. The van der Waals surface area contributed by atoms with Crippen molar-refractivity contribution in [2.24, 2.45) is 0 Å². The van der Waals surface area contributed by atoms with Gasteiger partial charge in [0.15, 0.2) is 43.5 Å². The van der Waals surface area contributed by atoms with Crippen LogP contribution in [0.3, 0.4) is 0 Å². The quantitative estimate of drug-likeness (QED) is 0.0129. The number of aliphatic hydroxyl groups excluding tert-OH is 4. The van der Waals surface area contributed by atoms with Gasteiger partial charge in [0.25, 0.3) is 0 Å². The Morgan fingerprint density at radius 2 is 0.702 bits per heavy atom. The van der Waals surface area contributed by atoms with E-state index in [-0.39, 0.29) is 56.2 Å². The number of ether oxygens (including phenoxy) is 13. The molecule has 7 aliphatic heterocycles. The van der Waals surface area contributed by atoms with Crippen LogP contribution in [0.25, 0.3) is 0 Å². The van der Waals surface area contributed by atoms with Gasteiger partial charge in [-0.25, -0.2) is 0 Å². The number of aldehydes is 1. The standard InChI is InChI=1S/C18H21ClO3S.C18H19ClO3S.C17H18ClIO3S.C17H19ClO4S.C17H17ClO3S.C10H11ClO.C8H9BrO2S.Mn.2O/c2*1-3-4-12-5-6-13(19)9-15(12)17(20)14-10-16(23-11(14)2)18-21-7-8-22-18;2*1-10-13(9-15(23-10)17-21-6-7-22-17)16(20)14-8-12(18)3-2-11(14)4-5-19;1-10-13(9-15(22-10)17-20-6-7-21-17)16-14-8-12(18)3-2-11(14)4-5-19-16;1-2-3-8-4-5-10(11)6-9(8)7-12;1-5-6(9)4-7(12-5)8-10-2-3-11-8;;;/h5-6,9-10,17-18,20H,3-4,7-8H2,1-2H3;5-6,9-10,18H,3-4,7-8H2,1-2H3;2-3,8-9,16-17,20H,4-7H2,1H3;2-3,8-9,16-17,19-20H,4-7H2,1H3;2-3,8-9,16-17H,4-7H2,1H3;4-7H,2-3H2,1H3;4,8H,2-3H2,1H3;;;/t;;3*16-;;;;;/m..000...../s1. The van der Waals surface area contributed by atoms with Crippen LogP contribution in [0.5, 0.6) is 0 Å². The van der Waals surface area contributed by atoms with Crippen LogP contribution in [-0.4, -0.2) is 129 Å². The molecule has 0 spiro atoms. The first-order chi connectivity index (χ1) is 68.1. The van der Waals surface area contributed by atoms with Crippen LogP contribution in [0.1, 0.15) is 265 Å². The Kier molecular flexibility index (Phi) is 47.2. The van der Waals surface area contributed by atoms with Crippen LogP contribution in [0, 0.1) is 41.5 Å². The van der Waals surface area contributed by atoms with Crippen molar-refractivity contribution in [3.05, 3.63) is 333 Å². The molecular formula is C105H114BrCl6IMnO21S6. The molecule has 36 heteroatoms. The second-order valence-electron chi connectivity index (χ2n) is 33.2. The van der Waals surface area contributed by atoms with Crippen molar-refractivity contribution in [1.29, 1.82) is 0 Å². The van der Waals surface area contributed by atoms with Crippen LogP contribution in [0.4, 0.5) is 0 Å². The summed E-state index contributed by atoms with van der Waals surface area (Å²) in [5, 5.41) is 45.7. The number of hydrogen-bond acceptors (Lipinski definition) is 27. The van der Waals surface area contributed by atoms with Crippen molar-refractivity contribution in [2.45, 2.75) is 182 Å². The average molecular weight is 2380 g/mol. The van der Waals surface area contributed by atoms with Gasteiger partial charge in [-0.05, 0) is 283 Å². The Balaban J connectivity index is 0.000000148. The summed E-state index contributed by atoms with van der Waals surface area (Å²) in [6, 6.07) is 46.1. The first kappa shape index (κ1) is 115. The van der Waals surface area contributed by atoms with Crippen molar-refractivity contribution in [3.8, 4) is 0 Å². The van der Waals surface area contributed by atoms with Crippen molar-refractivity contribution >= 4 is 188 Å². The summed E-state index contributed by atoms with van der Waals surface area (Å²) in [6.45, 7) is 26.8. The molecule has 4 N–H and O–H groups in total. The van der Waals surface area contributed by atoms with E-state index < -0.39 is 33.1 Å². The normalized spacial score (nSPS) is 16.7. The van der Waals surface area contributed by atoms with E-state index in [1.807, 2.05) is 131 Å². The van der Waals surface area contributed by atoms with Gasteiger partial charge in [0, 0.05) is 91.6 Å². The molecule has 6 aromatic heterocycles. The third kappa shape index (κ3) is 31.9. The molecule has 141 heavy (non-hydrogen) atoms. The second-order valence-corrected chi connectivity index (χ2v) is 45.6. The van der Waals surface area contributed by atoms with Crippen LogP contribution >= 0.6 is 176 Å². The summed E-state index contributed by atoms with van der Waals surface area (Å²) in [6.07, 6.45) is 5.15. The van der Waals surface area contributed by atoms with Gasteiger partial charge < -0.3 is 82.0 Å². The zero-order valence-corrected chi connectivity index (χ0v) is 93.6. The van der Waals surface area contributed by atoms with E-state index >= 15 is 0 Å². The average Bonchev–Trinajstić information content (AvgIpc) is 1.68. The number of carbonyl (C=O) groups is 2. The molecule has 0 radical (unpaired) electrons. The van der Waals surface area contributed by atoms with Gasteiger partial charge >= 0.3 is 22.5 Å². The molecule has 21 nitrogen and oxygen atoms in total. The molecule has 12 aromatic rings. The topological polar surface area (TPSA) is 269 Å². The Hall–Kier alpha value is -4.75. The molecule has 4 atom stereocenters. The van der Waals surface area contributed by atoms with E-state index in [4.69, 9.17) is 139 Å². The van der Waals surface area contributed by atoms with E-state index in [1.165, 1.54) is 26.4 Å². The first-order valence-corrected chi connectivity index (χ1v) is 56.6. The molecule has 7 aliphatic rings. The number of rotatable bonds is 26. The number of carbonyl (C=O) groups excluding carboxylic acids is 2. The van der Waals surface area contributed by atoms with Gasteiger partial charge in [0.05, 0.1) is 115 Å². The number of alkyl halides is 1. The summed E-state index contributed by atoms with van der Waals surface area (Å²) >= 11 is 50.6. The van der Waals surface area contributed by atoms with Crippen molar-refractivity contribution in [1.82, 2.24) is 0 Å². The molecule has 759 valence electrons. The third-order valence-corrected chi connectivity index (χ3v) is 32.9. The predicted octanol–water partition coefficient (Wildman–Crippen LogP) is 28.1. The van der Waals surface area contributed by atoms with E-state index in [9.17, 15) is 30.0 Å². The molecule has 13 heterocycles. The summed E-state index contributed by atoms with van der Waals surface area (Å²) in [4.78, 5) is 36.4. The van der Waals surface area contributed by atoms with E-state index in [1.54, 1.807) is 92.3 Å². The first-order valence-electron chi connectivity index (χ1n) is 46.2. The van der Waals surface area contributed by atoms with Crippen molar-refractivity contribution in [2.75, 3.05) is 96.9 Å². The van der Waals surface area contributed by atoms with Crippen LogP contribution in [0.2, 0.25) is 30.1 Å². The fourth-order valence-corrected chi connectivity index (χ4v) is 25.1. The molecule has 1 unspecified atom stereocenters. The van der Waals surface area contributed by atoms with Crippen molar-refractivity contribution < 1.29 is 114 Å². The number of fused-ring (bicyclic) bond motifs is 1. The van der Waals surface area contributed by atoms with Gasteiger partial charge in [0.2, 0.25) is 0 Å². The Morgan fingerprint density at radius 1 is 0.376 bits per heavy atom. The molecule has 0 aliphatic carbocycles. The predicted molar refractivity (Wildman–Crippen MR) is 568 cm³/mol. The zero-order chi connectivity index (χ0) is 101. The number of aryl methyl sites for hydroxylation is 10. The third-order valence-electron chi connectivity index (χ3n) is 23.4. The number of ketones is 1. The van der Waals surface area contributed by atoms with Crippen molar-refractivity contribution in [3.63, 3.8) is 0 Å². The number of halogens is 8. The SMILES string of the molecule is CCCc1ccc(Cl)cc1C(=O)c1cc(C2OCCO2)sc1C.CCCc1ccc(Cl)cc1C(O)c1cc(C2OCCO2)sc1C.CCCc1ccc(Cl)cc1C=O.Cc1sc(C2OCCO2)cc1Br.Cc1sc(C2OCCO2)cc1[C@@H]1OCCc2ccc(Cl)cc21.Cc1sc(C2OCCO2)cc1[C@H](O)c1cc(Cl)ccc1CCI.Cc1sc(C2OCCO2)cc1[C@H](O)c1cc(Cl)ccc1CCO.[O]=[Mn]=[O].